The van der Waals surface area contributed by atoms with Gasteiger partial charge in [0.05, 0.1) is 12.1 Å². The molecule has 4 nitrogen and oxygen atoms in total. The summed E-state index contributed by atoms with van der Waals surface area (Å²) in [5.74, 6) is 0.317. The van der Waals surface area contributed by atoms with Gasteiger partial charge in [-0.15, -0.1) is 11.8 Å². The monoisotopic (exact) mass is 306 g/mol. The Labute approximate surface area is 131 Å². The van der Waals surface area contributed by atoms with Crippen LogP contribution in [-0.4, -0.2) is 27.5 Å². The molecule has 114 valence electrons. The van der Waals surface area contributed by atoms with Gasteiger partial charge >= 0.3 is 7.12 Å². The summed E-state index contributed by atoms with van der Waals surface area (Å²) < 4.78 is 7.60. The van der Waals surface area contributed by atoms with Crippen molar-refractivity contribution in [2.24, 2.45) is 5.92 Å². The molecule has 2 rings (SSSR count). The van der Waals surface area contributed by atoms with Crippen LogP contribution in [0.25, 0.3) is 0 Å². The molecule has 0 unspecified atom stereocenters. The van der Waals surface area contributed by atoms with E-state index in [9.17, 15) is 5.02 Å². The van der Waals surface area contributed by atoms with E-state index < -0.39 is 7.12 Å². The maximum atomic E-state index is 10.2. The molecule has 0 saturated heterocycles. The van der Waals surface area contributed by atoms with E-state index in [-0.39, 0.29) is 5.60 Å². The molecule has 21 heavy (non-hydrogen) atoms. The second kappa shape index (κ2) is 6.86. The van der Waals surface area contributed by atoms with Gasteiger partial charge in [-0.05, 0) is 31.6 Å². The number of nitrogens with zero attached hydrogens (tertiary/aromatic N) is 2. The van der Waals surface area contributed by atoms with Gasteiger partial charge in [0, 0.05) is 22.8 Å². The lowest BCUT2D eigenvalue weighted by Gasteiger charge is -2.31. The fraction of sp³-hybridized carbons (Fsp3) is 0.533. The van der Waals surface area contributed by atoms with E-state index in [4.69, 9.17) is 4.65 Å². The Bertz CT molecular complexity index is 538. The van der Waals surface area contributed by atoms with Crippen molar-refractivity contribution in [3.63, 3.8) is 0 Å². The van der Waals surface area contributed by atoms with Crippen molar-refractivity contribution < 1.29 is 9.68 Å². The molecule has 1 N–H and O–H groups in total. The van der Waals surface area contributed by atoms with E-state index in [1.807, 2.05) is 24.7 Å². The Hall–Kier alpha value is -0.975. The Morgan fingerprint density at radius 3 is 2.90 bits per heavy atom. The number of allylic oxidation sites excluding steroid dienone is 3. The average Bonchev–Trinajstić information content (AvgIpc) is 2.88. The molecule has 0 atom stereocenters. The van der Waals surface area contributed by atoms with Crippen LogP contribution in [0.4, 0.5) is 0 Å². The van der Waals surface area contributed by atoms with E-state index in [0.29, 0.717) is 11.4 Å². The molecule has 0 aliphatic carbocycles. The molecule has 1 aromatic rings. The Morgan fingerprint density at radius 1 is 1.52 bits per heavy atom. The van der Waals surface area contributed by atoms with Crippen LogP contribution in [-0.2, 0) is 11.2 Å². The fourth-order valence-electron chi connectivity index (χ4n) is 1.79. The summed E-state index contributed by atoms with van der Waals surface area (Å²) in [5.41, 5.74) is 0.314. The lowest BCUT2D eigenvalue weighted by molar-refractivity contribution is 0.0423. The summed E-state index contributed by atoms with van der Waals surface area (Å²) >= 11 is 1.72. The van der Waals surface area contributed by atoms with E-state index in [1.165, 1.54) is 4.91 Å². The minimum Gasteiger partial charge on any atom is -0.423 e. The molecule has 0 fully saturated rings. The van der Waals surface area contributed by atoms with Gasteiger partial charge in [0.2, 0.25) is 0 Å². The van der Waals surface area contributed by atoms with Gasteiger partial charge in [-0.25, -0.2) is 0 Å². The van der Waals surface area contributed by atoms with Crippen LogP contribution in [0.2, 0.25) is 0 Å². The smallest absolute Gasteiger partial charge is 0.423 e. The van der Waals surface area contributed by atoms with Gasteiger partial charge < -0.3 is 9.68 Å². The van der Waals surface area contributed by atoms with Crippen molar-refractivity contribution in [3.8, 4) is 0 Å². The Balaban J connectivity index is 1.97. The quantitative estimate of drug-likeness (QED) is 0.821. The fourth-order valence-corrected chi connectivity index (χ4v) is 2.57. The molecule has 0 bridgehead atoms. The highest BCUT2D eigenvalue weighted by Crippen LogP contribution is 2.24. The van der Waals surface area contributed by atoms with E-state index in [0.717, 1.165) is 13.0 Å². The first-order chi connectivity index (χ1) is 9.88. The zero-order valence-corrected chi connectivity index (χ0v) is 13.9. The minimum absolute atomic E-state index is 0.317. The van der Waals surface area contributed by atoms with Gasteiger partial charge in [0.25, 0.3) is 0 Å². The lowest BCUT2D eigenvalue weighted by Crippen LogP contribution is -2.44. The number of aromatic nitrogens is 2. The van der Waals surface area contributed by atoms with E-state index >= 15 is 0 Å². The van der Waals surface area contributed by atoms with E-state index in [2.05, 4.69) is 36.5 Å². The molecule has 0 amide bonds. The predicted molar refractivity (Wildman–Crippen MR) is 89.3 cm³/mol. The third kappa shape index (κ3) is 4.50. The lowest BCUT2D eigenvalue weighted by atomic mass is 9.79. The van der Waals surface area contributed by atoms with Crippen molar-refractivity contribution in [2.75, 3.05) is 0 Å². The van der Waals surface area contributed by atoms with Gasteiger partial charge in [0.15, 0.2) is 0 Å². The molecule has 0 aromatic carbocycles. The standard InChI is InChI=1S/C15H23BN2O2S/c1-12(2)15(3,4)20-16(19)13-9-17-18(10-13)11-14-7-5-6-8-21-14/h6-10,12,19H,5,11H2,1-4H3. The molecule has 2 heterocycles. The molecular weight excluding hydrogens is 283 g/mol. The van der Waals surface area contributed by atoms with Crippen molar-refractivity contribution >= 4 is 24.3 Å². The number of rotatable bonds is 6. The van der Waals surface area contributed by atoms with Crippen LogP contribution in [0.15, 0.2) is 34.9 Å². The minimum atomic E-state index is -0.941. The van der Waals surface area contributed by atoms with E-state index in [1.54, 1.807) is 18.0 Å². The third-order valence-corrected chi connectivity index (χ3v) is 4.79. The van der Waals surface area contributed by atoms with Crippen LogP contribution in [0.5, 0.6) is 0 Å². The van der Waals surface area contributed by atoms with Gasteiger partial charge in [-0.1, -0.05) is 26.0 Å². The summed E-state index contributed by atoms with van der Waals surface area (Å²) in [6, 6.07) is 0. The van der Waals surface area contributed by atoms with Crippen molar-refractivity contribution in [2.45, 2.75) is 46.3 Å². The van der Waals surface area contributed by atoms with Crippen molar-refractivity contribution in [3.05, 3.63) is 34.9 Å². The largest absolute Gasteiger partial charge is 0.494 e. The second-order valence-electron chi connectivity index (χ2n) is 6.10. The zero-order valence-electron chi connectivity index (χ0n) is 13.1. The maximum Gasteiger partial charge on any atom is 0.494 e. The highest BCUT2D eigenvalue weighted by atomic mass is 32.2. The van der Waals surface area contributed by atoms with Gasteiger partial charge in [-0.3, -0.25) is 4.68 Å². The normalized spacial score (nSPS) is 15.4. The Kier molecular flexibility index (Phi) is 5.35. The first-order valence-electron chi connectivity index (χ1n) is 7.27. The molecule has 6 heteroatoms. The van der Waals surface area contributed by atoms with Gasteiger partial charge in [-0.2, -0.15) is 5.10 Å². The zero-order chi connectivity index (χ0) is 15.5. The SMILES string of the molecule is CC(C)C(C)(C)OB(O)c1cnn(CC2=CCC=CS2)c1. The number of hydrogen-bond donors (Lipinski definition) is 1. The van der Waals surface area contributed by atoms with Crippen LogP contribution < -0.4 is 5.46 Å². The van der Waals surface area contributed by atoms with Crippen LogP contribution in [0.3, 0.4) is 0 Å². The third-order valence-electron chi connectivity index (χ3n) is 3.86. The number of hydrogen-bond acceptors (Lipinski definition) is 4. The predicted octanol–water partition coefficient (Wildman–Crippen LogP) is 2.56. The summed E-state index contributed by atoms with van der Waals surface area (Å²) in [4.78, 5) is 1.27. The molecule has 1 aliphatic rings. The number of thioether (sulfide) groups is 1. The average molecular weight is 306 g/mol. The second-order valence-corrected chi connectivity index (χ2v) is 7.13. The highest BCUT2D eigenvalue weighted by Gasteiger charge is 2.31. The highest BCUT2D eigenvalue weighted by molar-refractivity contribution is 8.05. The van der Waals surface area contributed by atoms with Gasteiger partial charge in [0.1, 0.15) is 0 Å². The van der Waals surface area contributed by atoms with Crippen LogP contribution in [0.1, 0.15) is 34.1 Å². The molecule has 0 saturated carbocycles. The summed E-state index contributed by atoms with van der Waals surface area (Å²) in [6.07, 6.45) is 8.83. The summed E-state index contributed by atoms with van der Waals surface area (Å²) in [5, 5.41) is 16.6. The van der Waals surface area contributed by atoms with Crippen molar-refractivity contribution in [1.29, 1.82) is 0 Å². The first kappa shape index (κ1) is 16.4. The molecule has 1 aromatic heterocycles. The van der Waals surface area contributed by atoms with Crippen LogP contribution in [0, 0.1) is 5.92 Å². The topological polar surface area (TPSA) is 47.3 Å². The van der Waals surface area contributed by atoms with Crippen LogP contribution >= 0.6 is 11.8 Å². The molecule has 1 aliphatic heterocycles. The first-order valence-corrected chi connectivity index (χ1v) is 8.15. The molecule has 0 spiro atoms. The summed E-state index contributed by atoms with van der Waals surface area (Å²) in [6.45, 7) is 8.87. The van der Waals surface area contributed by atoms with Crippen molar-refractivity contribution in [1.82, 2.24) is 9.78 Å². The molecule has 0 radical (unpaired) electrons. The summed E-state index contributed by atoms with van der Waals surface area (Å²) in [7, 11) is -0.941. The maximum absolute atomic E-state index is 10.2. The molecular formula is C15H23BN2O2S. The Morgan fingerprint density at radius 2 is 2.29 bits per heavy atom.